The molecule has 2 aromatic carbocycles. The first-order valence-electron chi connectivity index (χ1n) is 9.21. The molecule has 1 fully saturated rings. The van der Waals surface area contributed by atoms with E-state index < -0.39 is 23.7 Å². The smallest absolute Gasteiger partial charge is 0.341 e. The van der Waals surface area contributed by atoms with Gasteiger partial charge in [0.05, 0.1) is 18.6 Å². The van der Waals surface area contributed by atoms with Gasteiger partial charge in [-0.1, -0.05) is 17.7 Å². The van der Waals surface area contributed by atoms with Crippen molar-refractivity contribution in [2.24, 2.45) is 0 Å². The highest BCUT2D eigenvalue weighted by Gasteiger charge is 2.35. The Morgan fingerprint density at radius 3 is 2.69 bits per heavy atom. The zero-order valence-corrected chi connectivity index (χ0v) is 18.2. The molecule has 0 aliphatic carbocycles. The SMILES string of the molecule is COc1cc(C=C2SC(=O)N(Cc3cc4c(cc3Cl)OCO4)C2=O)ccc1OCC(=O)O. The third-order valence-corrected chi connectivity index (χ3v) is 5.84. The number of hydrogen-bond donors (Lipinski definition) is 1. The highest BCUT2D eigenvalue weighted by atomic mass is 35.5. The van der Waals surface area contributed by atoms with Gasteiger partial charge in [0.15, 0.2) is 29.6 Å². The van der Waals surface area contributed by atoms with E-state index in [1.165, 1.54) is 13.2 Å². The van der Waals surface area contributed by atoms with Crippen LogP contribution in [0.2, 0.25) is 5.02 Å². The van der Waals surface area contributed by atoms with Gasteiger partial charge in [-0.2, -0.15) is 0 Å². The second kappa shape index (κ2) is 9.01. The van der Waals surface area contributed by atoms with Gasteiger partial charge in [-0.3, -0.25) is 14.5 Å². The van der Waals surface area contributed by atoms with Crippen molar-refractivity contribution in [3.8, 4) is 23.0 Å². The Kier molecular flexibility index (Phi) is 6.15. The minimum absolute atomic E-state index is 0.0111. The fourth-order valence-electron chi connectivity index (χ4n) is 3.07. The number of fused-ring (bicyclic) bond motifs is 1. The van der Waals surface area contributed by atoms with E-state index in [2.05, 4.69) is 0 Å². The number of carboxylic acid groups (broad SMARTS) is 1. The molecule has 11 heteroatoms. The summed E-state index contributed by atoms with van der Waals surface area (Å²) in [5, 5.41) is 8.69. The lowest BCUT2D eigenvalue weighted by molar-refractivity contribution is -0.139. The van der Waals surface area contributed by atoms with Crippen LogP contribution in [-0.2, 0) is 16.1 Å². The zero-order valence-electron chi connectivity index (χ0n) is 16.6. The second-order valence-electron chi connectivity index (χ2n) is 6.66. The number of aliphatic carboxylic acids is 1. The van der Waals surface area contributed by atoms with E-state index in [1.54, 1.807) is 30.3 Å². The quantitative estimate of drug-likeness (QED) is 0.595. The Balaban J connectivity index is 1.53. The molecule has 0 spiro atoms. The number of imide groups is 1. The van der Waals surface area contributed by atoms with Crippen molar-refractivity contribution in [3.05, 3.63) is 51.4 Å². The summed E-state index contributed by atoms with van der Waals surface area (Å²) in [6.07, 6.45) is 1.55. The normalized spacial score (nSPS) is 16.1. The number of halogens is 1. The molecular formula is C21H16ClNO8S. The number of nitrogens with zero attached hydrogens (tertiary/aromatic N) is 1. The van der Waals surface area contributed by atoms with Gasteiger partial charge in [0.2, 0.25) is 6.79 Å². The third kappa shape index (κ3) is 4.46. The summed E-state index contributed by atoms with van der Waals surface area (Å²) in [6, 6.07) is 7.99. The molecule has 0 radical (unpaired) electrons. The summed E-state index contributed by atoms with van der Waals surface area (Å²) in [4.78, 5) is 37.4. The van der Waals surface area contributed by atoms with Crippen LogP contribution in [0.1, 0.15) is 11.1 Å². The van der Waals surface area contributed by atoms with Gasteiger partial charge in [0.25, 0.3) is 11.1 Å². The molecular weight excluding hydrogens is 462 g/mol. The maximum absolute atomic E-state index is 12.9. The summed E-state index contributed by atoms with van der Waals surface area (Å²) in [5.74, 6) is -0.0167. The molecule has 0 saturated carbocycles. The number of carbonyl (C=O) groups is 3. The molecule has 32 heavy (non-hydrogen) atoms. The van der Waals surface area contributed by atoms with Crippen molar-refractivity contribution < 1.29 is 38.4 Å². The highest BCUT2D eigenvalue weighted by Crippen LogP contribution is 2.39. The van der Waals surface area contributed by atoms with E-state index in [1.807, 2.05) is 0 Å². The van der Waals surface area contributed by atoms with Crippen LogP contribution in [0.15, 0.2) is 35.2 Å². The molecule has 4 rings (SSSR count). The van der Waals surface area contributed by atoms with Crippen molar-refractivity contribution in [1.82, 2.24) is 4.90 Å². The molecule has 0 unspecified atom stereocenters. The zero-order chi connectivity index (χ0) is 22.8. The fraction of sp³-hybridized carbons (Fsp3) is 0.190. The van der Waals surface area contributed by atoms with Crippen molar-refractivity contribution >= 4 is 46.6 Å². The van der Waals surface area contributed by atoms with E-state index in [4.69, 9.17) is 35.7 Å². The third-order valence-electron chi connectivity index (χ3n) is 4.58. The number of carbonyl (C=O) groups excluding carboxylic acids is 2. The first-order valence-corrected chi connectivity index (χ1v) is 10.4. The molecule has 0 bridgehead atoms. The monoisotopic (exact) mass is 477 g/mol. The van der Waals surface area contributed by atoms with E-state index in [9.17, 15) is 14.4 Å². The van der Waals surface area contributed by atoms with Crippen LogP contribution in [0.4, 0.5) is 4.79 Å². The molecule has 2 aliphatic heterocycles. The standard InChI is InChI=1S/C21H16ClNO8S/c1-28-15-4-11(2-3-14(15)29-9-19(24)25)5-18-20(26)23(21(27)32-18)8-12-6-16-17(7-13(12)22)31-10-30-16/h2-7H,8-10H2,1H3,(H,24,25). The first-order chi connectivity index (χ1) is 15.4. The van der Waals surface area contributed by atoms with Crippen molar-refractivity contribution in [2.45, 2.75) is 6.54 Å². The van der Waals surface area contributed by atoms with Crippen LogP contribution in [0.5, 0.6) is 23.0 Å². The number of ether oxygens (including phenoxy) is 4. The van der Waals surface area contributed by atoms with Crippen LogP contribution in [0.3, 0.4) is 0 Å². The van der Waals surface area contributed by atoms with Gasteiger partial charge in [0.1, 0.15) is 0 Å². The number of amides is 2. The topological polar surface area (TPSA) is 112 Å². The van der Waals surface area contributed by atoms with E-state index in [-0.39, 0.29) is 24.0 Å². The molecule has 2 aromatic rings. The maximum atomic E-state index is 12.9. The van der Waals surface area contributed by atoms with Gasteiger partial charge in [-0.15, -0.1) is 0 Å². The molecule has 2 amide bonds. The lowest BCUT2D eigenvalue weighted by Crippen LogP contribution is -2.27. The molecule has 1 N–H and O–H groups in total. The number of rotatable bonds is 7. The second-order valence-corrected chi connectivity index (χ2v) is 8.06. The van der Waals surface area contributed by atoms with Crippen molar-refractivity contribution in [3.63, 3.8) is 0 Å². The number of hydrogen-bond acceptors (Lipinski definition) is 8. The Morgan fingerprint density at radius 2 is 1.97 bits per heavy atom. The Hall–Kier alpha value is -3.37. The molecule has 0 atom stereocenters. The Labute approximate surface area is 191 Å². The molecule has 2 heterocycles. The van der Waals surface area contributed by atoms with Gasteiger partial charge in [-0.05, 0) is 47.2 Å². The fourth-order valence-corrected chi connectivity index (χ4v) is 4.12. The van der Waals surface area contributed by atoms with Crippen LogP contribution in [0, 0.1) is 0 Å². The summed E-state index contributed by atoms with van der Waals surface area (Å²) < 4.78 is 21.0. The van der Waals surface area contributed by atoms with E-state index in [0.717, 1.165) is 16.7 Å². The Bertz CT molecular complexity index is 1150. The first kappa shape index (κ1) is 21.8. The highest BCUT2D eigenvalue weighted by molar-refractivity contribution is 8.18. The average Bonchev–Trinajstić information content (AvgIpc) is 3.31. The maximum Gasteiger partial charge on any atom is 0.341 e. The minimum Gasteiger partial charge on any atom is -0.493 e. The van der Waals surface area contributed by atoms with Gasteiger partial charge >= 0.3 is 5.97 Å². The summed E-state index contributed by atoms with van der Waals surface area (Å²) in [7, 11) is 1.41. The van der Waals surface area contributed by atoms with E-state index >= 15 is 0 Å². The lowest BCUT2D eigenvalue weighted by Gasteiger charge is -2.14. The van der Waals surface area contributed by atoms with Gasteiger partial charge in [0, 0.05) is 11.1 Å². The summed E-state index contributed by atoms with van der Waals surface area (Å²) >= 11 is 7.08. The molecule has 166 valence electrons. The van der Waals surface area contributed by atoms with E-state index in [0.29, 0.717) is 33.4 Å². The minimum atomic E-state index is -1.12. The van der Waals surface area contributed by atoms with Gasteiger partial charge < -0.3 is 24.1 Å². The lowest BCUT2D eigenvalue weighted by atomic mass is 10.1. The number of carboxylic acids is 1. The van der Waals surface area contributed by atoms with Crippen molar-refractivity contribution in [2.75, 3.05) is 20.5 Å². The number of thioether (sulfide) groups is 1. The number of benzene rings is 2. The van der Waals surface area contributed by atoms with Crippen LogP contribution in [-0.4, -0.2) is 47.6 Å². The van der Waals surface area contributed by atoms with Crippen LogP contribution >= 0.6 is 23.4 Å². The average molecular weight is 478 g/mol. The van der Waals surface area contributed by atoms with Crippen LogP contribution < -0.4 is 18.9 Å². The summed E-state index contributed by atoms with van der Waals surface area (Å²) in [5.41, 5.74) is 1.14. The number of methoxy groups -OCH3 is 1. The molecule has 2 aliphatic rings. The van der Waals surface area contributed by atoms with Crippen LogP contribution in [0.25, 0.3) is 6.08 Å². The predicted molar refractivity (Wildman–Crippen MR) is 115 cm³/mol. The predicted octanol–water partition coefficient (Wildman–Crippen LogP) is 3.78. The Morgan fingerprint density at radius 1 is 1.22 bits per heavy atom. The molecule has 0 aromatic heterocycles. The van der Waals surface area contributed by atoms with Gasteiger partial charge in [-0.25, -0.2) is 4.79 Å². The largest absolute Gasteiger partial charge is 0.493 e. The molecule has 9 nitrogen and oxygen atoms in total. The molecule has 1 saturated heterocycles. The van der Waals surface area contributed by atoms with Crippen molar-refractivity contribution in [1.29, 1.82) is 0 Å². The summed E-state index contributed by atoms with van der Waals surface area (Å²) in [6.45, 7) is -0.442.